The molecule has 1 aromatic carbocycles. The first-order valence-corrected chi connectivity index (χ1v) is 6.94. The van der Waals surface area contributed by atoms with Crippen LogP contribution in [0.3, 0.4) is 0 Å². The molecule has 0 heterocycles. The highest BCUT2D eigenvalue weighted by Gasteiger charge is 2.31. The van der Waals surface area contributed by atoms with Crippen LogP contribution < -0.4 is 0 Å². The van der Waals surface area contributed by atoms with Crippen LogP contribution in [0.4, 0.5) is 4.39 Å². The monoisotopic (exact) mass is 260 g/mol. The van der Waals surface area contributed by atoms with Gasteiger partial charge in [0.25, 0.3) is 0 Å². The lowest BCUT2D eigenvalue weighted by molar-refractivity contribution is 0.125. The average molecular weight is 260 g/mol. The van der Waals surface area contributed by atoms with Crippen LogP contribution in [-0.4, -0.2) is 18.0 Å². The Hall–Kier alpha value is -1.40. The van der Waals surface area contributed by atoms with Crippen molar-refractivity contribution in [2.75, 3.05) is 7.05 Å². The highest BCUT2D eigenvalue weighted by molar-refractivity contribution is 5.16. The lowest BCUT2D eigenvalue weighted by atomic mass is 9.79. The van der Waals surface area contributed by atoms with E-state index in [0.717, 1.165) is 31.4 Å². The van der Waals surface area contributed by atoms with Crippen molar-refractivity contribution in [3.05, 3.63) is 35.6 Å². The maximum absolute atomic E-state index is 12.9. The van der Waals surface area contributed by atoms with Crippen molar-refractivity contribution in [3.63, 3.8) is 0 Å². The Morgan fingerprint density at radius 3 is 2.63 bits per heavy atom. The Morgan fingerprint density at radius 2 is 2.00 bits per heavy atom. The number of nitriles is 1. The van der Waals surface area contributed by atoms with Gasteiger partial charge in [-0.1, -0.05) is 19.1 Å². The summed E-state index contributed by atoms with van der Waals surface area (Å²) in [5.74, 6) is 0.611. The molecule has 2 rings (SSSR count). The Morgan fingerprint density at radius 1 is 1.32 bits per heavy atom. The summed E-state index contributed by atoms with van der Waals surface area (Å²) < 4.78 is 12.9. The highest BCUT2D eigenvalue weighted by atomic mass is 19.1. The van der Waals surface area contributed by atoms with E-state index in [-0.39, 0.29) is 11.7 Å². The van der Waals surface area contributed by atoms with E-state index in [2.05, 4.69) is 24.9 Å². The molecule has 1 saturated carbocycles. The molecule has 0 aliphatic heterocycles. The third kappa shape index (κ3) is 3.54. The lowest BCUT2D eigenvalue weighted by Crippen LogP contribution is -2.41. The highest BCUT2D eigenvalue weighted by Crippen LogP contribution is 2.31. The molecule has 1 aromatic rings. The van der Waals surface area contributed by atoms with Gasteiger partial charge >= 0.3 is 0 Å². The van der Waals surface area contributed by atoms with Gasteiger partial charge in [0, 0.05) is 12.6 Å². The van der Waals surface area contributed by atoms with Crippen LogP contribution in [0.2, 0.25) is 0 Å². The molecule has 2 nitrogen and oxygen atoms in total. The van der Waals surface area contributed by atoms with Crippen molar-refractivity contribution in [2.45, 2.75) is 38.8 Å². The molecule has 0 aromatic heterocycles. The smallest absolute Gasteiger partial charge is 0.123 e. The van der Waals surface area contributed by atoms with Gasteiger partial charge in [-0.05, 0) is 49.9 Å². The van der Waals surface area contributed by atoms with E-state index >= 15 is 0 Å². The van der Waals surface area contributed by atoms with Gasteiger partial charge < -0.3 is 0 Å². The lowest BCUT2D eigenvalue weighted by Gasteiger charge is -2.37. The fraction of sp³-hybridized carbons (Fsp3) is 0.562. The first-order chi connectivity index (χ1) is 9.10. The van der Waals surface area contributed by atoms with Crippen LogP contribution >= 0.6 is 0 Å². The molecule has 3 heteroatoms. The van der Waals surface area contributed by atoms with Gasteiger partial charge in [-0.3, -0.25) is 4.90 Å². The molecule has 0 radical (unpaired) electrons. The number of halogens is 1. The van der Waals surface area contributed by atoms with Gasteiger partial charge in [-0.25, -0.2) is 4.39 Å². The number of hydrogen-bond acceptors (Lipinski definition) is 2. The Kier molecular flexibility index (Phi) is 4.55. The minimum Gasteiger partial charge on any atom is -0.298 e. The number of benzene rings is 1. The van der Waals surface area contributed by atoms with Crippen LogP contribution in [0.5, 0.6) is 0 Å². The first-order valence-electron chi connectivity index (χ1n) is 6.94. The summed E-state index contributed by atoms with van der Waals surface area (Å²) in [7, 11) is 2.07. The number of nitrogens with zero attached hydrogens (tertiary/aromatic N) is 2. The summed E-state index contributed by atoms with van der Waals surface area (Å²) in [4.78, 5) is 2.25. The van der Waals surface area contributed by atoms with Crippen molar-refractivity contribution in [2.24, 2.45) is 11.8 Å². The summed E-state index contributed by atoms with van der Waals surface area (Å²) in [6, 6.07) is 9.39. The fourth-order valence-corrected chi connectivity index (χ4v) is 2.98. The summed E-state index contributed by atoms with van der Waals surface area (Å²) >= 11 is 0. The standard InChI is InChI=1S/C16H21FN2/c1-12-3-6-14(10-18)16(9-12)19(2)11-13-4-7-15(17)8-5-13/h4-5,7-8,12,14,16H,3,6,9,11H2,1-2H3. The molecule has 1 aliphatic carbocycles. The van der Waals surface area contributed by atoms with E-state index in [1.165, 1.54) is 12.1 Å². The van der Waals surface area contributed by atoms with Gasteiger partial charge in [-0.15, -0.1) is 0 Å². The van der Waals surface area contributed by atoms with Gasteiger partial charge in [0.15, 0.2) is 0 Å². The Bertz CT molecular complexity index is 449. The quantitative estimate of drug-likeness (QED) is 0.830. The number of rotatable bonds is 3. The van der Waals surface area contributed by atoms with E-state index in [9.17, 15) is 9.65 Å². The normalized spacial score (nSPS) is 27.2. The van der Waals surface area contributed by atoms with E-state index in [0.29, 0.717) is 12.0 Å². The predicted octanol–water partition coefficient (Wildman–Crippen LogP) is 3.59. The SMILES string of the molecule is CC1CCC(C#N)C(N(C)Cc2ccc(F)cc2)C1. The van der Waals surface area contributed by atoms with Crippen LogP contribution in [-0.2, 0) is 6.54 Å². The Balaban J connectivity index is 2.03. The molecule has 1 fully saturated rings. The summed E-state index contributed by atoms with van der Waals surface area (Å²) in [6.45, 7) is 3.03. The second-order valence-corrected chi connectivity index (χ2v) is 5.76. The molecule has 102 valence electrons. The zero-order valence-corrected chi connectivity index (χ0v) is 11.6. The Labute approximate surface area is 114 Å². The van der Waals surface area contributed by atoms with Crippen LogP contribution in [0.25, 0.3) is 0 Å². The third-order valence-electron chi connectivity index (χ3n) is 4.16. The van der Waals surface area contributed by atoms with Gasteiger partial charge in [0.05, 0.1) is 12.0 Å². The van der Waals surface area contributed by atoms with Crippen LogP contribution in [0.15, 0.2) is 24.3 Å². The van der Waals surface area contributed by atoms with Crippen molar-refractivity contribution >= 4 is 0 Å². The molecule has 3 atom stereocenters. The second-order valence-electron chi connectivity index (χ2n) is 5.76. The zero-order chi connectivity index (χ0) is 13.8. The molecule has 0 amide bonds. The molecule has 0 saturated heterocycles. The molecule has 19 heavy (non-hydrogen) atoms. The van der Waals surface area contributed by atoms with E-state index in [1.807, 2.05) is 12.1 Å². The molecule has 3 unspecified atom stereocenters. The fourth-order valence-electron chi connectivity index (χ4n) is 2.98. The van der Waals surface area contributed by atoms with Crippen LogP contribution in [0.1, 0.15) is 31.7 Å². The summed E-state index contributed by atoms with van der Waals surface area (Å²) in [5.41, 5.74) is 1.10. The van der Waals surface area contributed by atoms with Crippen molar-refractivity contribution in [1.29, 1.82) is 5.26 Å². The maximum atomic E-state index is 12.9. The zero-order valence-electron chi connectivity index (χ0n) is 11.6. The van der Waals surface area contributed by atoms with Gasteiger partial charge in [0.1, 0.15) is 5.82 Å². The molecule has 0 spiro atoms. The van der Waals surface area contributed by atoms with Crippen molar-refractivity contribution in [3.8, 4) is 6.07 Å². The van der Waals surface area contributed by atoms with Crippen molar-refractivity contribution in [1.82, 2.24) is 4.90 Å². The largest absolute Gasteiger partial charge is 0.298 e. The molecular weight excluding hydrogens is 239 g/mol. The van der Waals surface area contributed by atoms with Crippen molar-refractivity contribution < 1.29 is 4.39 Å². The van der Waals surface area contributed by atoms with E-state index < -0.39 is 0 Å². The minimum atomic E-state index is -0.201. The third-order valence-corrected chi connectivity index (χ3v) is 4.16. The topological polar surface area (TPSA) is 27.0 Å². The van der Waals surface area contributed by atoms with Gasteiger partial charge in [0.2, 0.25) is 0 Å². The van der Waals surface area contributed by atoms with Crippen LogP contribution in [0, 0.1) is 29.0 Å². The molecular formula is C16H21FN2. The van der Waals surface area contributed by atoms with E-state index in [4.69, 9.17) is 0 Å². The number of hydrogen-bond donors (Lipinski definition) is 0. The maximum Gasteiger partial charge on any atom is 0.123 e. The molecule has 0 N–H and O–H groups in total. The molecule has 0 bridgehead atoms. The van der Waals surface area contributed by atoms with E-state index in [1.54, 1.807) is 0 Å². The minimum absolute atomic E-state index is 0.127. The molecule has 1 aliphatic rings. The summed E-state index contributed by atoms with van der Waals surface area (Å²) in [6.07, 6.45) is 3.23. The summed E-state index contributed by atoms with van der Waals surface area (Å²) in [5, 5.41) is 9.27. The average Bonchev–Trinajstić information content (AvgIpc) is 2.41. The second kappa shape index (κ2) is 6.16. The first kappa shape index (κ1) is 14.0. The van der Waals surface area contributed by atoms with Gasteiger partial charge in [-0.2, -0.15) is 5.26 Å². The predicted molar refractivity (Wildman–Crippen MR) is 73.8 cm³/mol.